The van der Waals surface area contributed by atoms with Crippen LogP contribution in [0.4, 0.5) is 13.2 Å². The number of hydrogen-bond donors (Lipinski definition) is 2. The van der Waals surface area contributed by atoms with Gasteiger partial charge in [0.25, 0.3) is 0 Å². The lowest BCUT2D eigenvalue weighted by Crippen LogP contribution is -2.12. The van der Waals surface area contributed by atoms with Crippen LogP contribution < -0.4 is 10.5 Å². The van der Waals surface area contributed by atoms with Crippen LogP contribution in [-0.2, 0) is 0 Å². The minimum Gasteiger partial charge on any atom is -0.493 e. The van der Waals surface area contributed by atoms with E-state index >= 15 is 0 Å². The quantitative estimate of drug-likeness (QED) is 0.286. The summed E-state index contributed by atoms with van der Waals surface area (Å²) in [5.74, 6) is 0.201. The number of alkyl halides is 3. The number of halogens is 3. The third kappa shape index (κ3) is 5.17. The Labute approximate surface area is 106 Å². The fraction of sp³-hybridized carbons (Fsp3) is 0.300. The molecule has 18 heavy (non-hydrogen) atoms. The van der Waals surface area contributed by atoms with Crippen LogP contribution in [0.3, 0.4) is 0 Å². The molecule has 0 saturated heterocycles. The minimum absolute atomic E-state index is 0.0471. The number of hydrogen-bond acceptors (Lipinski definition) is 4. The number of ether oxygens (including phenoxy) is 1. The van der Waals surface area contributed by atoms with E-state index in [0.29, 0.717) is 11.3 Å². The second kappa shape index (κ2) is 6.39. The van der Waals surface area contributed by atoms with Gasteiger partial charge in [-0.3, -0.25) is 0 Å². The number of nitrogens with two attached hydrogens (primary N) is 1. The molecule has 1 aromatic carbocycles. The van der Waals surface area contributed by atoms with E-state index in [1.807, 2.05) is 0 Å². The Morgan fingerprint density at radius 2 is 1.94 bits per heavy atom. The van der Waals surface area contributed by atoms with Gasteiger partial charge in [0, 0.05) is 11.3 Å². The number of thioether (sulfide) groups is 1. The van der Waals surface area contributed by atoms with Crippen molar-refractivity contribution in [1.29, 1.82) is 0 Å². The zero-order valence-corrected chi connectivity index (χ0v) is 9.96. The number of benzene rings is 1. The molecule has 0 atom stereocenters. The van der Waals surface area contributed by atoms with Crippen molar-refractivity contribution < 1.29 is 23.1 Å². The highest BCUT2D eigenvalue weighted by molar-refractivity contribution is 8.00. The molecule has 0 aliphatic rings. The van der Waals surface area contributed by atoms with Crippen molar-refractivity contribution in [3.8, 4) is 5.75 Å². The molecule has 1 rings (SSSR count). The molecule has 0 amide bonds. The molecule has 100 valence electrons. The predicted molar refractivity (Wildman–Crippen MR) is 63.0 cm³/mol. The highest BCUT2D eigenvalue weighted by Crippen LogP contribution is 2.29. The van der Waals surface area contributed by atoms with Gasteiger partial charge in [0.15, 0.2) is 5.84 Å². The molecule has 0 spiro atoms. The van der Waals surface area contributed by atoms with E-state index in [-0.39, 0.29) is 30.0 Å². The van der Waals surface area contributed by atoms with Crippen LogP contribution in [0.25, 0.3) is 0 Å². The first-order valence-electron chi connectivity index (χ1n) is 4.84. The second-order valence-corrected chi connectivity index (χ2v) is 4.31. The molecule has 0 aromatic heterocycles. The second-order valence-electron chi connectivity index (χ2n) is 3.15. The highest BCUT2D eigenvalue weighted by atomic mass is 32.2. The van der Waals surface area contributed by atoms with Gasteiger partial charge in [-0.1, -0.05) is 5.16 Å². The molecule has 1 aromatic rings. The van der Waals surface area contributed by atoms with Gasteiger partial charge >= 0.3 is 5.51 Å². The number of nitrogens with zero attached hydrogens (tertiary/aromatic N) is 1. The summed E-state index contributed by atoms with van der Waals surface area (Å²) < 4.78 is 40.6. The largest absolute Gasteiger partial charge is 0.493 e. The summed E-state index contributed by atoms with van der Waals surface area (Å²) >= 11 is -0.133. The van der Waals surface area contributed by atoms with Gasteiger partial charge in [0.1, 0.15) is 5.75 Å². The monoisotopic (exact) mass is 280 g/mol. The summed E-state index contributed by atoms with van der Waals surface area (Å²) in [4.78, 5) is 0. The lowest BCUT2D eigenvalue weighted by Gasteiger charge is -2.08. The fourth-order valence-electron chi connectivity index (χ4n) is 1.10. The molecule has 0 heterocycles. The maximum Gasteiger partial charge on any atom is 0.441 e. The Morgan fingerprint density at radius 3 is 2.44 bits per heavy atom. The molecule has 0 radical (unpaired) electrons. The third-order valence-electron chi connectivity index (χ3n) is 1.88. The van der Waals surface area contributed by atoms with E-state index in [0.717, 1.165) is 0 Å². The highest BCUT2D eigenvalue weighted by Gasteiger charge is 2.27. The van der Waals surface area contributed by atoms with Crippen molar-refractivity contribution in [3.63, 3.8) is 0 Å². The molecule has 4 nitrogen and oxygen atoms in total. The van der Waals surface area contributed by atoms with E-state index in [1.54, 1.807) is 12.1 Å². The standard InChI is InChI=1S/C10H11F3N2O2S/c11-10(12,13)18-6-5-17-8-3-1-7(2-4-8)9(14)15-16/h1-4,16H,5-6H2,(H2,14,15). The zero-order valence-electron chi connectivity index (χ0n) is 9.15. The predicted octanol–water partition coefficient (Wildman–Crippen LogP) is 2.41. The molecule has 8 heteroatoms. The number of oxime groups is 1. The smallest absolute Gasteiger partial charge is 0.441 e. The van der Waals surface area contributed by atoms with Crippen molar-refractivity contribution in [3.05, 3.63) is 29.8 Å². The molecular weight excluding hydrogens is 269 g/mol. The van der Waals surface area contributed by atoms with E-state index < -0.39 is 5.51 Å². The van der Waals surface area contributed by atoms with E-state index in [2.05, 4.69) is 5.16 Å². The first kappa shape index (κ1) is 14.5. The van der Waals surface area contributed by atoms with Crippen LogP contribution in [0.15, 0.2) is 29.4 Å². The van der Waals surface area contributed by atoms with Crippen LogP contribution in [-0.4, -0.2) is 28.9 Å². The maximum absolute atomic E-state index is 11.8. The van der Waals surface area contributed by atoms with Crippen LogP contribution in [0.2, 0.25) is 0 Å². The van der Waals surface area contributed by atoms with E-state index in [9.17, 15) is 13.2 Å². The normalized spacial score (nSPS) is 12.5. The van der Waals surface area contributed by atoms with Crippen LogP contribution in [0, 0.1) is 0 Å². The van der Waals surface area contributed by atoms with Gasteiger partial charge in [0.2, 0.25) is 0 Å². The van der Waals surface area contributed by atoms with Crippen LogP contribution in [0.1, 0.15) is 5.56 Å². The average Bonchev–Trinajstić information content (AvgIpc) is 2.33. The lowest BCUT2D eigenvalue weighted by molar-refractivity contribution is -0.0329. The number of rotatable bonds is 5. The van der Waals surface area contributed by atoms with Crippen molar-refractivity contribution in [1.82, 2.24) is 0 Å². The molecule has 0 unspecified atom stereocenters. The number of amidine groups is 1. The topological polar surface area (TPSA) is 67.8 Å². The van der Waals surface area contributed by atoms with Gasteiger partial charge in [-0.05, 0) is 36.0 Å². The molecule has 0 aliphatic carbocycles. The summed E-state index contributed by atoms with van der Waals surface area (Å²) in [6.07, 6.45) is 0. The first-order valence-corrected chi connectivity index (χ1v) is 5.82. The van der Waals surface area contributed by atoms with Crippen LogP contribution in [0.5, 0.6) is 5.75 Å². The Kier molecular flexibility index (Phi) is 5.14. The Hall–Kier alpha value is -1.57. The summed E-state index contributed by atoms with van der Waals surface area (Å²) in [5.41, 5.74) is 1.60. The molecular formula is C10H11F3N2O2S. The summed E-state index contributed by atoms with van der Waals surface area (Å²) in [5, 5.41) is 11.2. The molecule has 0 saturated carbocycles. The van der Waals surface area contributed by atoms with Crippen molar-refractivity contribution in [2.24, 2.45) is 10.9 Å². The van der Waals surface area contributed by atoms with Gasteiger partial charge < -0.3 is 15.7 Å². The summed E-state index contributed by atoms with van der Waals surface area (Å²) in [6.45, 7) is -0.0485. The first-order chi connectivity index (χ1) is 8.42. The Bertz CT molecular complexity index is 407. The molecule has 0 bridgehead atoms. The van der Waals surface area contributed by atoms with Crippen molar-refractivity contribution in [2.75, 3.05) is 12.4 Å². The average molecular weight is 280 g/mol. The van der Waals surface area contributed by atoms with Gasteiger partial charge in [-0.25, -0.2) is 0 Å². The maximum atomic E-state index is 11.8. The van der Waals surface area contributed by atoms with Gasteiger partial charge in [0.05, 0.1) is 6.61 Å². The van der Waals surface area contributed by atoms with Crippen molar-refractivity contribution in [2.45, 2.75) is 5.51 Å². The van der Waals surface area contributed by atoms with Gasteiger partial charge in [-0.15, -0.1) is 0 Å². The third-order valence-corrected chi connectivity index (χ3v) is 2.57. The lowest BCUT2D eigenvalue weighted by atomic mass is 10.2. The van der Waals surface area contributed by atoms with Crippen LogP contribution >= 0.6 is 11.8 Å². The summed E-state index contributed by atoms with van der Waals surface area (Å²) in [7, 11) is 0. The molecule has 3 N–H and O–H groups in total. The zero-order chi connectivity index (χ0) is 13.6. The van der Waals surface area contributed by atoms with E-state index in [4.69, 9.17) is 15.7 Å². The Morgan fingerprint density at radius 1 is 1.33 bits per heavy atom. The van der Waals surface area contributed by atoms with Gasteiger partial charge in [-0.2, -0.15) is 13.2 Å². The van der Waals surface area contributed by atoms with Crippen molar-refractivity contribution >= 4 is 17.6 Å². The minimum atomic E-state index is -4.24. The molecule has 0 aliphatic heterocycles. The fourth-order valence-corrected chi connectivity index (χ4v) is 1.49. The summed E-state index contributed by atoms with van der Waals surface area (Å²) in [6, 6.07) is 6.15. The Balaban J connectivity index is 2.40. The SMILES string of the molecule is N/C(=N/O)c1ccc(OCCSC(F)(F)F)cc1. The molecule has 0 fully saturated rings. The van der Waals surface area contributed by atoms with E-state index in [1.165, 1.54) is 12.1 Å².